The van der Waals surface area contributed by atoms with Gasteiger partial charge >= 0.3 is 0 Å². The van der Waals surface area contributed by atoms with Gasteiger partial charge in [0.15, 0.2) is 0 Å². The van der Waals surface area contributed by atoms with Crippen LogP contribution >= 0.6 is 15.9 Å². The molecule has 3 nitrogen and oxygen atoms in total. The smallest absolute Gasteiger partial charge is 0.203 e. The third-order valence-corrected chi connectivity index (χ3v) is 3.29. The Morgan fingerprint density at radius 3 is 2.80 bits per heavy atom. The van der Waals surface area contributed by atoms with Crippen molar-refractivity contribution in [2.75, 3.05) is 7.11 Å². The molecule has 0 amide bonds. The molecule has 1 heterocycles. The van der Waals surface area contributed by atoms with Gasteiger partial charge in [0.25, 0.3) is 0 Å². The Morgan fingerprint density at radius 1 is 1.40 bits per heavy atom. The van der Waals surface area contributed by atoms with Gasteiger partial charge in [0.05, 0.1) is 22.5 Å². The molecule has 2 aromatic rings. The maximum absolute atomic E-state index is 11.9. The minimum Gasteiger partial charge on any atom is -0.495 e. The average Bonchev–Trinajstić information content (AvgIpc) is 2.25. The lowest BCUT2D eigenvalue weighted by Gasteiger charge is -2.07. The molecule has 1 N–H and O–H groups in total. The molecule has 0 atom stereocenters. The van der Waals surface area contributed by atoms with E-state index in [0.717, 1.165) is 11.2 Å². The molecule has 0 aliphatic heterocycles. The van der Waals surface area contributed by atoms with Crippen molar-refractivity contribution in [1.29, 1.82) is 0 Å². The average molecular weight is 268 g/mol. The van der Waals surface area contributed by atoms with E-state index in [2.05, 4.69) is 20.9 Å². The third-order valence-electron chi connectivity index (χ3n) is 2.33. The number of hydrogen-bond acceptors (Lipinski definition) is 2. The summed E-state index contributed by atoms with van der Waals surface area (Å²) in [5, 5.41) is 0.631. The Labute approximate surface area is 95.2 Å². The summed E-state index contributed by atoms with van der Waals surface area (Å²) in [7, 11) is 1.59. The maximum Gasteiger partial charge on any atom is 0.203 e. The molecule has 1 aromatic heterocycles. The van der Waals surface area contributed by atoms with Crippen LogP contribution in [-0.2, 0) is 0 Å². The highest BCUT2D eigenvalue weighted by atomic mass is 79.9. The Morgan fingerprint density at radius 2 is 2.13 bits per heavy atom. The normalized spacial score (nSPS) is 10.6. The topological polar surface area (TPSA) is 42.1 Å². The molecule has 0 bridgehead atoms. The largest absolute Gasteiger partial charge is 0.495 e. The Balaban J connectivity index is 2.98. The fraction of sp³-hybridized carbons (Fsp3) is 0.182. The first-order chi connectivity index (χ1) is 7.15. The number of fused-ring (bicyclic) bond motifs is 1. The lowest BCUT2D eigenvalue weighted by molar-refractivity contribution is 0.419. The zero-order valence-corrected chi connectivity index (χ0v) is 10.0. The van der Waals surface area contributed by atoms with Crippen LogP contribution in [0, 0.1) is 6.92 Å². The predicted octanol–water partition coefficient (Wildman–Crippen LogP) is 2.61. The van der Waals surface area contributed by atoms with Crippen LogP contribution in [-0.4, -0.2) is 12.1 Å². The fourth-order valence-electron chi connectivity index (χ4n) is 1.55. The van der Waals surface area contributed by atoms with E-state index in [1.807, 2.05) is 13.0 Å². The number of benzene rings is 1. The number of para-hydroxylation sites is 1. The van der Waals surface area contributed by atoms with Crippen molar-refractivity contribution in [2.45, 2.75) is 6.92 Å². The highest BCUT2D eigenvalue weighted by molar-refractivity contribution is 9.10. The molecule has 4 heteroatoms. The molecule has 0 aliphatic carbocycles. The monoisotopic (exact) mass is 267 g/mol. The van der Waals surface area contributed by atoms with Gasteiger partial charge in [-0.05, 0) is 35.0 Å². The lowest BCUT2D eigenvalue weighted by atomic mass is 10.2. The van der Waals surface area contributed by atoms with Crippen LogP contribution in [0.15, 0.2) is 27.5 Å². The summed E-state index contributed by atoms with van der Waals surface area (Å²) in [6.07, 6.45) is 0. The molecule has 0 aliphatic rings. The van der Waals surface area contributed by atoms with Crippen molar-refractivity contribution >= 4 is 26.8 Å². The van der Waals surface area contributed by atoms with Crippen LogP contribution in [0.2, 0.25) is 0 Å². The van der Waals surface area contributed by atoms with Gasteiger partial charge in [-0.3, -0.25) is 4.79 Å². The number of halogens is 1. The number of methoxy groups -OCH3 is 1. The third kappa shape index (κ3) is 1.55. The van der Waals surface area contributed by atoms with Crippen LogP contribution in [0.5, 0.6) is 5.75 Å². The van der Waals surface area contributed by atoms with Gasteiger partial charge in [0, 0.05) is 5.69 Å². The predicted molar refractivity (Wildman–Crippen MR) is 63.6 cm³/mol. The summed E-state index contributed by atoms with van der Waals surface area (Å²) < 4.78 is 5.76. The lowest BCUT2D eigenvalue weighted by Crippen LogP contribution is -2.07. The standard InChI is InChI=1S/C11H10BrNO2/c1-6-9(12)11(14)7-4-3-5-8(15-2)10(7)13-6/h3-5H,1-2H3,(H,13,14). The van der Waals surface area contributed by atoms with E-state index in [1.54, 1.807) is 19.2 Å². The number of pyridine rings is 1. The summed E-state index contributed by atoms with van der Waals surface area (Å²) in [6, 6.07) is 5.41. The quantitative estimate of drug-likeness (QED) is 0.863. The van der Waals surface area contributed by atoms with Crippen LogP contribution in [0.25, 0.3) is 10.9 Å². The molecular weight excluding hydrogens is 258 g/mol. The molecule has 0 unspecified atom stereocenters. The van der Waals surface area contributed by atoms with E-state index >= 15 is 0 Å². The summed E-state index contributed by atoms with van der Waals surface area (Å²) in [6.45, 7) is 1.84. The van der Waals surface area contributed by atoms with Gasteiger partial charge in [-0.1, -0.05) is 6.07 Å². The molecule has 78 valence electrons. The molecule has 2 rings (SSSR count). The van der Waals surface area contributed by atoms with Crippen molar-refractivity contribution in [1.82, 2.24) is 4.98 Å². The fourth-order valence-corrected chi connectivity index (χ4v) is 1.86. The molecule has 0 spiro atoms. The molecule has 1 aromatic carbocycles. The number of nitrogens with one attached hydrogen (secondary N) is 1. The molecule has 15 heavy (non-hydrogen) atoms. The first kappa shape index (κ1) is 10.2. The number of hydrogen-bond donors (Lipinski definition) is 1. The number of aromatic nitrogens is 1. The summed E-state index contributed by atoms with van der Waals surface area (Å²) in [5.74, 6) is 0.681. The first-order valence-electron chi connectivity index (χ1n) is 4.50. The van der Waals surface area contributed by atoms with Gasteiger partial charge in [0.2, 0.25) is 5.43 Å². The summed E-state index contributed by atoms with van der Waals surface area (Å²) in [5.41, 5.74) is 1.53. The van der Waals surface area contributed by atoms with Crippen molar-refractivity contribution in [2.24, 2.45) is 0 Å². The van der Waals surface area contributed by atoms with Crippen LogP contribution in [0.3, 0.4) is 0 Å². The number of rotatable bonds is 1. The maximum atomic E-state index is 11.9. The van der Waals surface area contributed by atoms with Gasteiger partial charge in [-0.2, -0.15) is 0 Å². The Bertz CT molecular complexity index is 575. The SMILES string of the molecule is COc1cccc2c(=O)c(Br)c(C)[nH]c12. The van der Waals surface area contributed by atoms with Crippen molar-refractivity contribution in [3.05, 3.63) is 38.6 Å². The Kier molecular flexibility index (Phi) is 2.52. The van der Waals surface area contributed by atoms with E-state index in [1.165, 1.54) is 0 Å². The van der Waals surface area contributed by atoms with Crippen LogP contribution in [0.1, 0.15) is 5.69 Å². The minimum atomic E-state index is -0.0137. The zero-order valence-electron chi connectivity index (χ0n) is 8.43. The van der Waals surface area contributed by atoms with Crippen LogP contribution in [0.4, 0.5) is 0 Å². The summed E-state index contributed by atoms with van der Waals surface area (Å²) >= 11 is 3.26. The Hall–Kier alpha value is -1.29. The van der Waals surface area contributed by atoms with E-state index in [9.17, 15) is 4.79 Å². The molecule has 0 saturated carbocycles. The number of H-pyrrole nitrogens is 1. The molecular formula is C11H10BrNO2. The van der Waals surface area contributed by atoms with Gasteiger partial charge < -0.3 is 9.72 Å². The zero-order chi connectivity index (χ0) is 11.0. The van der Waals surface area contributed by atoms with Gasteiger partial charge in [0.1, 0.15) is 5.75 Å². The van der Waals surface area contributed by atoms with Gasteiger partial charge in [-0.25, -0.2) is 0 Å². The van der Waals surface area contributed by atoms with Crippen molar-refractivity contribution in [3.8, 4) is 5.75 Å². The van der Waals surface area contributed by atoms with Crippen molar-refractivity contribution < 1.29 is 4.74 Å². The number of aromatic amines is 1. The van der Waals surface area contributed by atoms with Crippen LogP contribution < -0.4 is 10.2 Å². The van der Waals surface area contributed by atoms with E-state index in [-0.39, 0.29) is 5.43 Å². The van der Waals surface area contributed by atoms with E-state index < -0.39 is 0 Å². The second-order valence-corrected chi connectivity index (χ2v) is 4.07. The van der Waals surface area contributed by atoms with E-state index in [4.69, 9.17) is 4.74 Å². The number of ether oxygens (including phenoxy) is 1. The molecule has 0 saturated heterocycles. The number of aryl methyl sites for hydroxylation is 1. The highest BCUT2D eigenvalue weighted by Crippen LogP contribution is 2.23. The highest BCUT2D eigenvalue weighted by Gasteiger charge is 2.09. The summed E-state index contributed by atoms with van der Waals surface area (Å²) in [4.78, 5) is 15.0. The minimum absolute atomic E-state index is 0.0137. The van der Waals surface area contributed by atoms with Gasteiger partial charge in [-0.15, -0.1) is 0 Å². The van der Waals surface area contributed by atoms with E-state index in [0.29, 0.717) is 15.6 Å². The van der Waals surface area contributed by atoms with Crippen molar-refractivity contribution in [3.63, 3.8) is 0 Å². The molecule has 0 radical (unpaired) electrons. The second-order valence-electron chi connectivity index (χ2n) is 3.28. The second kappa shape index (κ2) is 3.70. The molecule has 0 fully saturated rings. The first-order valence-corrected chi connectivity index (χ1v) is 5.29.